The first kappa shape index (κ1) is 20.1. The van der Waals surface area contributed by atoms with E-state index in [4.69, 9.17) is 11.6 Å². The van der Waals surface area contributed by atoms with Crippen molar-refractivity contribution in [2.24, 2.45) is 10.9 Å². The van der Waals surface area contributed by atoms with Crippen LogP contribution in [0.25, 0.3) is 11.3 Å². The zero-order valence-corrected chi connectivity index (χ0v) is 16.5. The van der Waals surface area contributed by atoms with E-state index in [0.29, 0.717) is 5.92 Å². The third-order valence-corrected chi connectivity index (χ3v) is 4.02. The topological polar surface area (TPSA) is 38.1 Å². The monoisotopic (exact) mass is 367 g/mol. The number of aliphatic imine (C=N–C) groups is 1. The highest BCUT2D eigenvalue weighted by Crippen LogP contribution is 2.24. The van der Waals surface area contributed by atoms with Gasteiger partial charge >= 0.3 is 0 Å². The van der Waals surface area contributed by atoms with Crippen molar-refractivity contribution in [3.8, 4) is 11.3 Å². The molecule has 1 aromatic carbocycles. The van der Waals surface area contributed by atoms with Gasteiger partial charge in [-0.3, -0.25) is 4.99 Å². The van der Waals surface area contributed by atoms with Crippen LogP contribution in [0.5, 0.6) is 0 Å². The Morgan fingerprint density at radius 3 is 2.54 bits per heavy atom. The zero-order valence-electron chi connectivity index (χ0n) is 15.7. The van der Waals surface area contributed by atoms with Gasteiger partial charge in [-0.15, -0.1) is 6.58 Å². The summed E-state index contributed by atoms with van der Waals surface area (Å²) in [4.78, 5) is 13.3. The maximum atomic E-state index is 6.10. The molecule has 1 aromatic heterocycles. The number of benzene rings is 1. The highest BCUT2D eigenvalue weighted by molar-refractivity contribution is 6.28. The predicted molar refractivity (Wildman–Crippen MR) is 112 cm³/mol. The van der Waals surface area contributed by atoms with Crippen LogP contribution in [0.15, 0.2) is 54.1 Å². The van der Waals surface area contributed by atoms with Crippen LogP contribution in [0.4, 0.5) is 0 Å². The van der Waals surface area contributed by atoms with Gasteiger partial charge in [-0.05, 0) is 42.8 Å². The lowest BCUT2D eigenvalue weighted by Gasteiger charge is -2.09. The summed E-state index contributed by atoms with van der Waals surface area (Å²) in [6.45, 7) is 10.7. The fourth-order valence-corrected chi connectivity index (χ4v) is 2.70. The molecular weight excluding hydrogens is 342 g/mol. The number of aromatic nitrogens is 2. The predicted octanol–water partition coefficient (Wildman–Crippen LogP) is 5.86. The van der Waals surface area contributed by atoms with Crippen molar-refractivity contribution in [3.05, 3.63) is 71.2 Å². The lowest BCUT2D eigenvalue weighted by Crippen LogP contribution is -2.02. The SMILES string of the molecule is C=CCC=CCc1ccc(-c2nc(Cl)nc(C)c2C=NCC(C)C)cc1. The number of hydrogen-bond donors (Lipinski definition) is 0. The minimum absolute atomic E-state index is 0.259. The van der Waals surface area contributed by atoms with Crippen LogP contribution in [0.2, 0.25) is 5.28 Å². The molecule has 0 unspecified atom stereocenters. The Labute approximate surface area is 161 Å². The number of rotatable bonds is 8. The number of allylic oxidation sites excluding steroid dienone is 3. The highest BCUT2D eigenvalue weighted by atomic mass is 35.5. The van der Waals surface area contributed by atoms with Crippen molar-refractivity contribution < 1.29 is 0 Å². The Kier molecular flexibility index (Phi) is 7.73. The molecule has 0 amide bonds. The first-order valence-corrected chi connectivity index (χ1v) is 9.28. The quantitative estimate of drug-likeness (QED) is 0.333. The van der Waals surface area contributed by atoms with Crippen LogP contribution in [0, 0.1) is 12.8 Å². The molecule has 2 rings (SSSR count). The molecule has 0 fully saturated rings. The molecular formula is C22H26ClN3. The maximum Gasteiger partial charge on any atom is 0.223 e. The lowest BCUT2D eigenvalue weighted by atomic mass is 10.0. The van der Waals surface area contributed by atoms with Gasteiger partial charge in [0.15, 0.2) is 0 Å². The molecule has 4 heteroatoms. The van der Waals surface area contributed by atoms with Gasteiger partial charge in [0.25, 0.3) is 0 Å². The van der Waals surface area contributed by atoms with Crippen LogP contribution in [-0.2, 0) is 6.42 Å². The smallest absolute Gasteiger partial charge is 0.223 e. The lowest BCUT2D eigenvalue weighted by molar-refractivity contribution is 0.667. The molecule has 0 aliphatic heterocycles. The van der Waals surface area contributed by atoms with Crippen molar-refractivity contribution in [1.82, 2.24) is 9.97 Å². The van der Waals surface area contributed by atoms with Crippen molar-refractivity contribution in [2.45, 2.75) is 33.6 Å². The molecule has 0 spiro atoms. The average molecular weight is 368 g/mol. The Hall–Kier alpha value is -2.26. The number of nitrogens with zero attached hydrogens (tertiary/aromatic N) is 3. The van der Waals surface area contributed by atoms with Gasteiger partial charge in [0.05, 0.1) is 11.4 Å². The van der Waals surface area contributed by atoms with E-state index in [2.05, 4.69) is 71.8 Å². The normalized spacial score (nSPS) is 11.7. The molecule has 0 radical (unpaired) electrons. The van der Waals surface area contributed by atoms with Crippen LogP contribution in [0.3, 0.4) is 0 Å². The summed E-state index contributed by atoms with van der Waals surface area (Å²) in [5, 5.41) is 0.259. The second-order valence-electron chi connectivity index (χ2n) is 6.63. The third kappa shape index (κ3) is 5.92. The Balaban J connectivity index is 2.29. The van der Waals surface area contributed by atoms with E-state index in [1.165, 1.54) is 5.56 Å². The van der Waals surface area contributed by atoms with E-state index in [1.54, 1.807) is 0 Å². The van der Waals surface area contributed by atoms with E-state index >= 15 is 0 Å². The summed E-state index contributed by atoms with van der Waals surface area (Å²) >= 11 is 6.10. The molecule has 0 aliphatic rings. The summed E-state index contributed by atoms with van der Waals surface area (Å²) < 4.78 is 0. The molecule has 26 heavy (non-hydrogen) atoms. The summed E-state index contributed by atoms with van der Waals surface area (Å²) in [7, 11) is 0. The molecule has 1 heterocycles. The number of aryl methyl sites for hydroxylation is 1. The second-order valence-corrected chi connectivity index (χ2v) is 6.96. The molecule has 0 N–H and O–H groups in total. The standard InChI is InChI=1S/C22H26ClN3/c1-5-6-7-8-9-18-10-12-19(13-11-18)21-20(15-24-14-16(2)3)17(4)25-22(23)26-21/h5,7-8,10-13,15-16H,1,6,9,14H2,2-4H3. The van der Waals surface area contributed by atoms with Gasteiger partial charge in [0.1, 0.15) is 0 Å². The molecule has 0 saturated carbocycles. The van der Waals surface area contributed by atoms with Crippen LogP contribution in [0.1, 0.15) is 37.1 Å². The fraction of sp³-hybridized carbons (Fsp3) is 0.318. The van der Waals surface area contributed by atoms with Gasteiger partial charge < -0.3 is 0 Å². The van der Waals surface area contributed by atoms with Crippen LogP contribution < -0.4 is 0 Å². The molecule has 0 atom stereocenters. The minimum atomic E-state index is 0.259. The van der Waals surface area contributed by atoms with Crippen molar-refractivity contribution in [2.75, 3.05) is 6.54 Å². The van der Waals surface area contributed by atoms with E-state index in [-0.39, 0.29) is 5.28 Å². The highest BCUT2D eigenvalue weighted by Gasteiger charge is 2.11. The van der Waals surface area contributed by atoms with Crippen molar-refractivity contribution in [3.63, 3.8) is 0 Å². The molecule has 136 valence electrons. The van der Waals surface area contributed by atoms with Crippen molar-refractivity contribution >= 4 is 17.8 Å². The molecule has 0 aliphatic carbocycles. The van der Waals surface area contributed by atoms with Crippen molar-refractivity contribution in [1.29, 1.82) is 0 Å². The summed E-state index contributed by atoms with van der Waals surface area (Å²) in [5.41, 5.74) is 4.85. The van der Waals surface area contributed by atoms with Gasteiger partial charge in [-0.1, -0.05) is 56.3 Å². The van der Waals surface area contributed by atoms with Gasteiger partial charge in [-0.2, -0.15) is 0 Å². The minimum Gasteiger partial charge on any atom is -0.292 e. The van der Waals surface area contributed by atoms with Gasteiger partial charge in [0.2, 0.25) is 5.28 Å². The summed E-state index contributed by atoms with van der Waals surface area (Å²) in [6, 6.07) is 8.39. The molecule has 0 bridgehead atoms. The van der Waals surface area contributed by atoms with Crippen LogP contribution >= 0.6 is 11.6 Å². The Morgan fingerprint density at radius 1 is 1.15 bits per heavy atom. The van der Waals surface area contributed by atoms with Gasteiger partial charge in [0, 0.05) is 23.9 Å². The fourth-order valence-electron chi connectivity index (χ4n) is 2.49. The maximum absolute atomic E-state index is 6.10. The van der Waals surface area contributed by atoms with E-state index in [9.17, 15) is 0 Å². The largest absolute Gasteiger partial charge is 0.292 e. The molecule has 0 saturated heterocycles. The number of hydrogen-bond acceptors (Lipinski definition) is 3. The average Bonchev–Trinajstić information content (AvgIpc) is 2.60. The summed E-state index contributed by atoms with van der Waals surface area (Å²) in [5.74, 6) is 0.511. The van der Waals surface area contributed by atoms with E-state index in [0.717, 1.165) is 41.9 Å². The molecule has 3 nitrogen and oxygen atoms in total. The number of halogens is 1. The van der Waals surface area contributed by atoms with Gasteiger partial charge in [-0.25, -0.2) is 9.97 Å². The van der Waals surface area contributed by atoms with E-state index in [1.807, 2.05) is 19.2 Å². The first-order chi connectivity index (χ1) is 12.5. The Bertz CT molecular complexity index is 790. The van der Waals surface area contributed by atoms with Crippen LogP contribution in [-0.4, -0.2) is 22.7 Å². The first-order valence-electron chi connectivity index (χ1n) is 8.90. The van der Waals surface area contributed by atoms with E-state index < -0.39 is 0 Å². The Morgan fingerprint density at radius 2 is 1.88 bits per heavy atom. The third-order valence-electron chi connectivity index (χ3n) is 3.85. The second kappa shape index (κ2) is 10.0. The summed E-state index contributed by atoms with van der Waals surface area (Å²) in [6.07, 6.45) is 9.84. The zero-order chi connectivity index (χ0) is 18.9. The molecule has 2 aromatic rings.